The van der Waals surface area contributed by atoms with Crippen LogP contribution in [0.5, 0.6) is 11.5 Å². The molecule has 1 heterocycles. The van der Waals surface area contributed by atoms with Gasteiger partial charge in [0.2, 0.25) is 5.91 Å². The van der Waals surface area contributed by atoms with Gasteiger partial charge < -0.3 is 24.7 Å². The van der Waals surface area contributed by atoms with Gasteiger partial charge in [0.25, 0.3) is 5.91 Å². The molecule has 1 aromatic heterocycles. The molecule has 3 aromatic rings. The fourth-order valence-electron chi connectivity index (χ4n) is 2.78. The Kier molecular flexibility index (Phi) is 7.50. The number of aromatic nitrogens is 3. The topological polar surface area (TPSA) is 107 Å². The average Bonchev–Trinajstić information content (AvgIpc) is 3.15. The molecule has 9 nitrogen and oxygen atoms in total. The van der Waals surface area contributed by atoms with Gasteiger partial charge in [-0.3, -0.25) is 9.59 Å². The fraction of sp³-hybridized carbons (Fsp3) is 0.238. The lowest BCUT2D eigenvalue weighted by molar-refractivity contribution is -0.113. The van der Waals surface area contributed by atoms with E-state index in [0.29, 0.717) is 33.7 Å². The van der Waals surface area contributed by atoms with Crippen molar-refractivity contribution >= 4 is 29.3 Å². The summed E-state index contributed by atoms with van der Waals surface area (Å²) in [6, 6.07) is 14.2. The maximum absolute atomic E-state index is 12.4. The predicted octanol–water partition coefficient (Wildman–Crippen LogP) is 2.49. The number of ether oxygens (including phenoxy) is 2. The Hall–Kier alpha value is -3.53. The molecule has 2 N–H and O–H groups in total. The lowest BCUT2D eigenvalue weighted by Crippen LogP contribution is -2.25. The van der Waals surface area contributed by atoms with Gasteiger partial charge in [-0.05, 0) is 24.3 Å². The van der Waals surface area contributed by atoms with E-state index in [1.807, 2.05) is 12.1 Å². The second kappa shape index (κ2) is 10.5. The molecule has 0 atom stereocenters. The van der Waals surface area contributed by atoms with E-state index >= 15 is 0 Å². The number of hydrogen-bond acceptors (Lipinski definition) is 7. The van der Waals surface area contributed by atoms with E-state index in [1.165, 1.54) is 18.9 Å². The highest BCUT2D eigenvalue weighted by Crippen LogP contribution is 2.24. The predicted molar refractivity (Wildman–Crippen MR) is 118 cm³/mol. The molecule has 0 saturated heterocycles. The zero-order valence-corrected chi connectivity index (χ0v) is 18.2. The van der Waals surface area contributed by atoms with Gasteiger partial charge in [-0.1, -0.05) is 36.0 Å². The number of rotatable bonds is 9. The molecule has 162 valence electrons. The Morgan fingerprint density at radius 3 is 2.42 bits per heavy atom. The Morgan fingerprint density at radius 1 is 1.00 bits per heavy atom. The molecule has 10 heteroatoms. The molecule has 0 unspecified atom stereocenters. The van der Waals surface area contributed by atoms with Crippen molar-refractivity contribution in [3.8, 4) is 11.5 Å². The third-order valence-electron chi connectivity index (χ3n) is 4.40. The summed E-state index contributed by atoms with van der Waals surface area (Å²) in [5, 5.41) is 14.4. The van der Waals surface area contributed by atoms with Gasteiger partial charge in [-0.25, -0.2) is 0 Å². The summed E-state index contributed by atoms with van der Waals surface area (Å²) in [4.78, 5) is 24.7. The number of nitrogens with zero attached hydrogens (tertiary/aromatic N) is 3. The first-order chi connectivity index (χ1) is 15.0. The van der Waals surface area contributed by atoms with Crippen molar-refractivity contribution in [1.29, 1.82) is 0 Å². The molecule has 0 bridgehead atoms. The second-order valence-electron chi connectivity index (χ2n) is 6.38. The molecule has 0 aliphatic carbocycles. The van der Waals surface area contributed by atoms with E-state index < -0.39 is 0 Å². The molecular formula is C21H23N5O4S. The number of methoxy groups -OCH3 is 2. The molecule has 0 fully saturated rings. The molecule has 3 rings (SSSR count). The van der Waals surface area contributed by atoms with Gasteiger partial charge in [-0.15, -0.1) is 10.2 Å². The average molecular weight is 442 g/mol. The van der Waals surface area contributed by atoms with Crippen LogP contribution in [0.15, 0.2) is 53.7 Å². The maximum Gasteiger partial charge on any atom is 0.255 e. The summed E-state index contributed by atoms with van der Waals surface area (Å²) in [7, 11) is 4.85. The van der Waals surface area contributed by atoms with E-state index in [1.54, 1.807) is 55.1 Å². The van der Waals surface area contributed by atoms with Gasteiger partial charge in [0, 0.05) is 7.05 Å². The zero-order chi connectivity index (χ0) is 22.2. The summed E-state index contributed by atoms with van der Waals surface area (Å²) in [6.45, 7) is 0.189. The molecule has 0 radical (unpaired) electrons. The molecule has 31 heavy (non-hydrogen) atoms. The largest absolute Gasteiger partial charge is 0.496 e. The van der Waals surface area contributed by atoms with Crippen molar-refractivity contribution in [1.82, 2.24) is 20.1 Å². The molecule has 0 saturated carbocycles. The number of benzene rings is 2. The second-order valence-corrected chi connectivity index (χ2v) is 7.32. The van der Waals surface area contributed by atoms with Crippen molar-refractivity contribution < 1.29 is 19.1 Å². The molecule has 2 amide bonds. The van der Waals surface area contributed by atoms with Gasteiger partial charge in [0.15, 0.2) is 11.0 Å². The molecule has 2 aromatic carbocycles. The zero-order valence-electron chi connectivity index (χ0n) is 17.4. The van der Waals surface area contributed by atoms with Crippen molar-refractivity contribution in [3.05, 3.63) is 59.9 Å². The minimum atomic E-state index is -0.272. The van der Waals surface area contributed by atoms with Gasteiger partial charge in [0.05, 0.1) is 37.8 Å². The highest BCUT2D eigenvalue weighted by atomic mass is 32.2. The lowest BCUT2D eigenvalue weighted by atomic mass is 10.2. The Bertz CT molecular complexity index is 1070. The maximum atomic E-state index is 12.4. The third-order valence-corrected chi connectivity index (χ3v) is 5.42. The molecule has 0 spiro atoms. The van der Waals surface area contributed by atoms with E-state index in [4.69, 9.17) is 9.47 Å². The van der Waals surface area contributed by atoms with E-state index in [2.05, 4.69) is 20.8 Å². The standard InChI is InChI=1S/C21H23N5O4S/c1-26-18(12-22-20(28)14-8-4-6-10-16(14)29-2)24-25-21(26)31-13-19(27)23-15-9-5-7-11-17(15)30-3/h4-11H,12-13H2,1-3H3,(H,22,28)(H,23,27). The van der Waals surface area contributed by atoms with Crippen LogP contribution in [0.3, 0.4) is 0 Å². The van der Waals surface area contributed by atoms with Gasteiger partial charge in [0.1, 0.15) is 11.5 Å². The molecular weight excluding hydrogens is 418 g/mol. The normalized spacial score (nSPS) is 10.4. The van der Waals surface area contributed by atoms with Crippen molar-refractivity contribution in [2.24, 2.45) is 7.05 Å². The van der Waals surface area contributed by atoms with Gasteiger partial charge >= 0.3 is 0 Å². The SMILES string of the molecule is COc1ccccc1NC(=O)CSc1nnc(CNC(=O)c2ccccc2OC)n1C. The van der Waals surface area contributed by atoms with E-state index in [9.17, 15) is 9.59 Å². The fourth-order valence-corrected chi connectivity index (χ4v) is 3.51. The van der Waals surface area contributed by atoms with Crippen LogP contribution < -0.4 is 20.1 Å². The van der Waals surface area contributed by atoms with E-state index in [-0.39, 0.29) is 24.1 Å². The minimum Gasteiger partial charge on any atom is -0.496 e. The monoisotopic (exact) mass is 441 g/mol. The minimum absolute atomic E-state index is 0.150. The summed E-state index contributed by atoms with van der Waals surface area (Å²) >= 11 is 1.25. The summed E-state index contributed by atoms with van der Waals surface area (Å²) in [5.74, 6) is 1.34. The van der Waals surface area contributed by atoms with Crippen LogP contribution in [0, 0.1) is 0 Å². The van der Waals surface area contributed by atoms with Crippen LogP contribution in [0.1, 0.15) is 16.2 Å². The van der Waals surface area contributed by atoms with E-state index in [0.717, 1.165) is 0 Å². The Morgan fingerprint density at radius 2 is 1.68 bits per heavy atom. The van der Waals surface area contributed by atoms with Crippen molar-refractivity contribution in [2.45, 2.75) is 11.7 Å². The number of anilines is 1. The van der Waals surface area contributed by atoms with Crippen molar-refractivity contribution in [2.75, 3.05) is 25.3 Å². The van der Waals surface area contributed by atoms with Crippen LogP contribution in [-0.2, 0) is 18.4 Å². The Labute approximate surface area is 184 Å². The molecule has 0 aliphatic rings. The number of nitrogens with one attached hydrogen (secondary N) is 2. The number of thioether (sulfide) groups is 1. The van der Waals surface area contributed by atoms with Crippen LogP contribution in [0.2, 0.25) is 0 Å². The van der Waals surface area contributed by atoms with Crippen LogP contribution in [0.4, 0.5) is 5.69 Å². The highest BCUT2D eigenvalue weighted by Gasteiger charge is 2.15. The lowest BCUT2D eigenvalue weighted by Gasteiger charge is -2.10. The van der Waals surface area contributed by atoms with Crippen LogP contribution in [-0.4, -0.2) is 46.6 Å². The first-order valence-corrected chi connectivity index (χ1v) is 10.4. The first-order valence-electron chi connectivity index (χ1n) is 9.38. The van der Waals surface area contributed by atoms with Gasteiger partial charge in [-0.2, -0.15) is 0 Å². The smallest absolute Gasteiger partial charge is 0.255 e. The third kappa shape index (κ3) is 5.54. The highest BCUT2D eigenvalue weighted by molar-refractivity contribution is 7.99. The quantitative estimate of drug-likeness (QED) is 0.491. The number of amides is 2. The first kappa shape index (κ1) is 22.2. The Balaban J connectivity index is 1.55. The summed E-state index contributed by atoms with van der Waals surface area (Å²) in [6.07, 6.45) is 0. The number of para-hydroxylation sites is 3. The van der Waals surface area contributed by atoms with Crippen LogP contribution >= 0.6 is 11.8 Å². The molecule has 0 aliphatic heterocycles. The summed E-state index contributed by atoms with van der Waals surface area (Å²) < 4.78 is 12.2. The summed E-state index contributed by atoms with van der Waals surface area (Å²) in [5.41, 5.74) is 1.04. The number of hydrogen-bond donors (Lipinski definition) is 2. The number of carbonyl (C=O) groups excluding carboxylic acids is 2. The number of carbonyl (C=O) groups is 2. The van der Waals surface area contributed by atoms with Crippen molar-refractivity contribution in [3.63, 3.8) is 0 Å². The van der Waals surface area contributed by atoms with Crippen LogP contribution in [0.25, 0.3) is 0 Å².